The molecule has 70 valence electrons. The highest BCUT2D eigenvalue weighted by molar-refractivity contribution is 5.91. The Labute approximate surface area is 73.8 Å². The van der Waals surface area contributed by atoms with Crippen molar-refractivity contribution in [2.75, 3.05) is 0 Å². The first-order valence-corrected chi connectivity index (χ1v) is 3.63. The van der Waals surface area contributed by atoms with Gasteiger partial charge in [-0.05, 0) is 25.5 Å². The van der Waals surface area contributed by atoms with Gasteiger partial charge in [-0.1, -0.05) is 0 Å². The standard InChI is InChI=1S/C9H8F2O2/c1-4-3-6(10)8(11)5(2)7(4)9(12)13/h3H,1-2H3,(H,12,13). The van der Waals surface area contributed by atoms with Crippen LogP contribution >= 0.6 is 0 Å². The van der Waals surface area contributed by atoms with Crippen LogP contribution in [0, 0.1) is 25.5 Å². The van der Waals surface area contributed by atoms with Crippen LogP contribution in [0.3, 0.4) is 0 Å². The van der Waals surface area contributed by atoms with Gasteiger partial charge in [0, 0.05) is 5.56 Å². The quantitative estimate of drug-likeness (QED) is 0.730. The third kappa shape index (κ3) is 1.52. The first-order chi connectivity index (χ1) is 5.95. The molecule has 1 aromatic carbocycles. The van der Waals surface area contributed by atoms with Crippen LogP contribution < -0.4 is 0 Å². The fraction of sp³-hybridized carbons (Fsp3) is 0.222. The lowest BCUT2D eigenvalue weighted by atomic mass is 10.0. The molecule has 0 radical (unpaired) electrons. The largest absolute Gasteiger partial charge is 0.478 e. The number of carboxylic acid groups (broad SMARTS) is 1. The molecule has 1 N–H and O–H groups in total. The maximum Gasteiger partial charge on any atom is 0.336 e. The van der Waals surface area contributed by atoms with Crippen molar-refractivity contribution in [1.82, 2.24) is 0 Å². The molecule has 0 amide bonds. The molecule has 0 aliphatic carbocycles. The fourth-order valence-corrected chi connectivity index (χ4v) is 1.24. The highest BCUT2D eigenvalue weighted by Gasteiger charge is 2.17. The monoisotopic (exact) mass is 186 g/mol. The topological polar surface area (TPSA) is 37.3 Å². The van der Waals surface area contributed by atoms with Crippen LogP contribution in [0.5, 0.6) is 0 Å². The molecule has 2 nitrogen and oxygen atoms in total. The highest BCUT2D eigenvalue weighted by atomic mass is 19.2. The van der Waals surface area contributed by atoms with Crippen LogP contribution in [-0.2, 0) is 0 Å². The molecule has 0 aliphatic rings. The predicted molar refractivity (Wildman–Crippen MR) is 42.8 cm³/mol. The third-order valence-corrected chi connectivity index (χ3v) is 1.87. The van der Waals surface area contributed by atoms with Gasteiger partial charge in [0.2, 0.25) is 0 Å². The Balaban J connectivity index is 3.53. The number of carbonyl (C=O) groups is 1. The lowest BCUT2D eigenvalue weighted by Crippen LogP contribution is -2.06. The van der Waals surface area contributed by atoms with Crippen molar-refractivity contribution < 1.29 is 18.7 Å². The van der Waals surface area contributed by atoms with E-state index in [1.54, 1.807) is 0 Å². The summed E-state index contributed by atoms with van der Waals surface area (Å²) in [7, 11) is 0. The zero-order valence-electron chi connectivity index (χ0n) is 7.19. The van der Waals surface area contributed by atoms with E-state index in [0.717, 1.165) is 6.07 Å². The smallest absolute Gasteiger partial charge is 0.336 e. The van der Waals surface area contributed by atoms with Gasteiger partial charge < -0.3 is 5.11 Å². The van der Waals surface area contributed by atoms with Crippen LogP contribution in [-0.4, -0.2) is 11.1 Å². The van der Waals surface area contributed by atoms with Crippen molar-refractivity contribution in [2.45, 2.75) is 13.8 Å². The Morgan fingerprint density at radius 2 is 1.92 bits per heavy atom. The molecule has 0 heterocycles. The zero-order chi connectivity index (χ0) is 10.2. The summed E-state index contributed by atoms with van der Waals surface area (Å²) in [5.41, 5.74) is -0.104. The summed E-state index contributed by atoms with van der Waals surface area (Å²) in [4.78, 5) is 10.6. The lowest BCUT2D eigenvalue weighted by molar-refractivity contribution is 0.0694. The van der Waals surface area contributed by atoms with Crippen LogP contribution in [0.4, 0.5) is 8.78 Å². The summed E-state index contributed by atoms with van der Waals surface area (Å²) in [5.74, 6) is -3.35. The maximum atomic E-state index is 12.9. The molecule has 0 atom stereocenters. The molecule has 0 aliphatic heterocycles. The maximum absolute atomic E-state index is 12.9. The van der Waals surface area contributed by atoms with Gasteiger partial charge in [-0.3, -0.25) is 0 Å². The normalized spacial score (nSPS) is 10.2. The molecule has 0 saturated carbocycles. The minimum Gasteiger partial charge on any atom is -0.478 e. The molecular formula is C9H8F2O2. The van der Waals surface area contributed by atoms with Crippen molar-refractivity contribution in [3.8, 4) is 0 Å². The molecule has 0 saturated heterocycles. The van der Waals surface area contributed by atoms with Gasteiger partial charge in [0.25, 0.3) is 0 Å². The zero-order valence-corrected chi connectivity index (χ0v) is 7.19. The van der Waals surface area contributed by atoms with Crippen LogP contribution in [0.25, 0.3) is 0 Å². The van der Waals surface area contributed by atoms with Crippen molar-refractivity contribution in [2.24, 2.45) is 0 Å². The lowest BCUT2D eigenvalue weighted by Gasteiger charge is -2.06. The van der Waals surface area contributed by atoms with Gasteiger partial charge in [0.05, 0.1) is 5.56 Å². The second-order valence-corrected chi connectivity index (χ2v) is 2.79. The van der Waals surface area contributed by atoms with Crippen LogP contribution in [0.15, 0.2) is 6.07 Å². The number of hydrogen-bond acceptors (Lipinski definition) is 1. The predicted octanol–water partition coefficient (Wildman–Crippen LogP) is 2.28. The molecule has 0 bridgehead atoms. The number of aromatic carboxylic acids is 1. The first-order valence-electron chi connectivity index (χ1n) is 3.63. The number of rotatable bonds is 1. The number of benzene rings is 1. The molecule has 1 aromatic rings. The van der Waals surface area contributed by atoms with E-state index in [4.69, 9.17) is 5.11 Å². The van der Waals surface area contributed by atoms with Gasteiger partial charge in [-0.15, -0.1) is 0 Å². The third-order valence-electron chi connectivity index (χ3n) is 1.87. The van der Waals surface area contributed by atoms with Crippen molar-refractivity contribution >= 4 is 5.97 Å². The van der Waals surface area contributed by atoms with Gasteiger partial charge in [-0.2, -0.15) is 0 Å². The van der Waals surface area contributed by atoms with Gasteiger partial charge in [-0.25, -0.2) is 13.6 Å². The summed E-state index contributed by atoms with van der Waals surface area (Å²) in [6, 6.07) is 0.881. The Morgan fingerprint density at radius 3 is 2.38 bits per heavy atom. The molecule has 0 unspecified atom stereocenters. The summed E-state index contributed by atoms with van der Waals surface area (Å²) >= 11 is 0. The van der Waals surface area contributed by atoms with E-state index >= 15 is 0 Å². The molecule has 4 heteroatoms. The van der Waals surface area contributed by atoms with Gasteiger partial charge >= 0.3 is 5.97 Å². The van der Waals surface area contributed by atoms with Crippen molar-refractivity contribution in [3.05, 3.63) is 34.4 Å². The van der Waals surface area contributed by atoms with E-state index in [9.17, 15) is 13.6 Å². The summed E-state index contributed by atoms with van der Waals surface area (Å²) < 4.78 is 25.6. The van der Waals surface area contributed by atoms with Gasteiger partial charge in [0.15, 0.2) is 11.6 Å². The summed E-state index contributed by atoms with van der Waals surface area (Å²) in [6.45, 7) is 2.67. The highest BCUT2D eigenvalue weighted by Crippen LogP contribution is 2.19. The van der Waals surface area contributed by atoms with E-state index in [1.807, 2.05) is 0 Å². The molecule has 13 heavy (non-hydrogen) atoms. The minimum absolute atomic E-state index is 0.162. The number of hydrogen-bond donors (Lipinski definition) is 1. The van der Waals surface area contributed by atoms with Crippen molar-refractivity contribution in [3.63, 3.8) is 0 Å². The van der Waals surface area contributed by atoms with E-state index in [0.29, 0.717) is 0 Å². The average molecular weight is 186 g/mol. The summed E-state index contributed by atoms with van der Waals surface area (Å²) in [6.07, 6.45) is 0. The van der Waals surface area contributed by atoms with E-state index in [-0.39, 0.29) is 16.7 Å². The Morgan fingerprint density at radius 1 is 1.38 bits per heavy atom. The first kappa shape index (κ1) is 9.64. The molecule has 0 fully saturated rings. The number of aryl methyl sites for hydroxylation is 1. The molecule has 1 rings (SSSR count). The SMILES string of the molecule is Cc1cc(F)c(F)c(C)c1C(=O)O. The number of halogens is 2. The Kier molecular flexibility index (Phi) is 2.32. The Hall–Kier alpha value is -1.45. The van der Waals surface area contributed by atoms with Gasteiger partial charge in [0.1, 0.15) is 0 Å². The second-order valence-electron chi connectivity index (χ2n) is 2.79. The number of carboxylic acids is 1. The van der Waals surface area contributed by atoms with Crippen LogP contribution in [0.2, 0.25) is 0 Å². The molecule has 0 aromatic heterocycles. The second kappa shape index (κ2) is 3.12. The van der Waals surface area contributed by atoms with Crippen molar-refractivity contribution in [1.29, 1.82) is 0 Å². The summed E-state index contributed by atoms with van der Waals surface area (Å²) in [5, 5.41) is 8.67. The fourth-order valence-electron chi connectivity index (χ4n) is 1.24. The van der Waals surface area contributed by atoms with Crippen LogP contribution in [0.1, 0.15) is 21.5 Å². The average Bonchev–Trinajstić information content (AvgIpc) is 1.99. The van der Waals surface area contributed by atoms with E-state index < -0.39 is 17.6 Å². The molecule has 0 spiro atoms. The Bertz CT molecular complexity index is 372. The van der Waals surface area contributed by atoms with E-state index in [1.165, 1.54) is 13.8 Å². The molecular weight excluding hydrogens is 178 g/mol. The minimum atomic E-state index is -1.24. The van der Waals surface area contributed by atoms with E-state index in [2.05, 4.69) is 0 Å².